The van der Waals surface area contributed by atoms with Gasteiger partial charge in [0.1, 0.15) is 0 Å². The molecule has 2 atom stereocenters. The molecule has 7 rings (SSSR count). The van der Waals surface area contributed by atoms with Crippen LogP contribution >= 0.6 is 0 Å². The Bertz CT molecular complexity index is 2200. The van der Waals surface area contributed by atoms with Gasteiger partial charge in [-0.1, -0.05) is 30.3 Å². The number of nitro groups is 1. The summed E-state index contributed by atoms with van der Waals surface area (Å²) in [5.74, 6) is -1.71. The lowest BCUT2D eigenvalue weighted by Crippen LogP contribution is -2.51. The minimum absolute atomic E-state index is 0.135. The van der Waals surface area contributed by atoms with E-state index in [0.29, 0.717) is 52.5 Å². The molecule has 0 radical (unpaired) electrons. The maximum absolute atomic E-state index is 13.8. The van der Waals surface area contributed by atoms with Crippen LogP contribution in [0.25, 0.3) is 32.8 Å². The second-order valence-electron chi connectivity index (χ2n) is 12.4. The van der Waals surface area contributed by atoms with Crippen molar-refractivity contribution < 1.29 is 24.1 Å². The molecule has 0 fully saturated rings. The number of nitrogens with one attached hydrogen (secondary N) is 2. The van der Waals surface area contributed by atoms with E-state index in [-0.39, 0.29) is 29.6 Å². The summed E-state index contributed by atoms with van der Waals surface area (Å²) in [6.45, 7) is 5.16. The topological polar surface area (TPSA) is 155 Å². The number of pyridine rings is 1. The van der Waals surface area contributed by atoms with Gasteiger partial charge in [0.15, 0.2) is 0 Å². The SMILES string of the molecule is C[C@H](CNCCNC[C@H](C)N1C(=O)c2cccc3cc([N+](=O)[O-])cc(c23)C1=O)N1C(=O)c2cccc3cc(-c4ccccn4)cc(c23)C1=O. The Hall–Kier alpha value is -5.85. The smallest absolute Gasteiger partial charge is 0.270 e. The van der Waals surface area contributed by atoms with Gasteiger partial charge in [0.25, 0.3) is 29.3 Å². The van der Waals surface area contributed by atoms with Crippen molar-refractivity contribution in [2.75, 3.05) is 26.2 Å². The minimum Gasteiger partial charge on any atom is -0.313 e. The fraction of sp³-hybridized carbons (Fsp3) is 0.216. The van der Waals surface area contributed by atoms with Crippen LogP contribution in [0.1, 0.15) is 55.3 Å². The molecule has 0 unspecified atom stereocenters. The van der Waals surface area contributed by atoms with Gasteiger partial charge in [0.2, 0.25) is 0 Å². The number of benzene rings is 4. The first-order valence-electron chi connectivity index (χ1n) is 16.0. The molecule has 0 aliphatic carbocycles. The summed E-state index contributed by atoms with van der Waals surface area (Å²) in [4.78, 5) is 72.0. The van der Waals surface area contributed by atoms with Gasteiger partial charge in [-0.2, -0.15) is 0 Å². The zero-order valence-electron chi connectivity index (χ0n) is 26.8. The summed E-state index contributed by atoms with van der Waals surface area (Å²) in [6, 6.07) is 21.3. The van der Waals surface area contributed by atoms with Crippen molar-refractivity contribution in [1.82, 2.24) is 25.4 Å². The number of amides is 4. The van der Waals surface area contributed by atoms with Crippen molar-refractivity contribution >= 4 is 50.9 Å². The van der Waals surface area contributed by atoms with E-state index < -0.39 is 28.8 Å². The summed E-state index contributed by atoms with van der Waals surface area (Å²) in [5, 5.41) is 20.4. The molecule has 0 saturated heterocycles. The number of carbonyl (C=O) groups excluding carboxylic acids is 4. The highest BCUT2D eigenvalue weighted by atomic mass is 16.6. The molecule has 49 heavy (non-hydrogen) atoms. The molecule has 0 bridgehead atoms. The molecule has 0 saturated carbocycles. The predicted octanol–water partition coefficient (Wildman–Crippen LogP) is 4.81. The molecule has 1 aromatic heterocycles. The van der Waals surface area contributed by atoms with Crippen molar-refractivity contribution in [3.8, 4) is 11.3 Å². The number of aromatic nitrogens is 1. The number of imide groups is 2. The van der Waals surface area contributed by atoms with E-state index in [4.69, 9.17) is 0 Å². The number of hydrogen-bond acceptors (Lipinski definition) is 9. The third kappa shape index (κ3) is 5.50. The van der Waals surface area contributed by atoms with Gasteiger partial charge < -0.3 is 10.6 Å². The molecule has 4 amide bonds. The fourth-order valence-electron chi connectivity index (χ4n) is 6.81. The van der Waals surface area contributed by atoms with Gasteiger partial charge >= 0.3 is 0 Å². The van der Waals surface area contributed by atoms with Gasteiger partial charge in [-0.3, -0.25) is 44.1 Å². The van der Waals surface area contributed by atoms with Crippen LogP contribution in [-0.2, 0) is 0 Å². The van der Waals surface area contributed by atoms with E-state index in [1.54, 1.807) is 43.5 Å². The van der Waals surface area contributed by atoms with Crippen LogP contribution in [0, 0.1) is 10.1 Å². The van der Waals surface area contributed by atoms with Crippen LogP contribution in [-0.4, -0.2) is 81.6 Å². The van der Waals surface area contributed by atoms with E-state index in [9.17, 15) is 29.3 Å². The van der Waals surface area contributed by atoms with Gasteiger partial charge in [-0.05, 0) is 61.0 Å². The first-order valence-corrected chi connectivity index (χ1v) is 16.0. The molecule has 12 heteroatoms. The fourth-order valence-corrected chi connectivity index (χ4v) is 6.81. The van der Waals surface area contributed by atoms with Crippen LogP contribution < -0.4 is 10.6 Å². The van der Waals surface area contributed by atoms with Crippen LogP contribution in [0.5, 0.6) is 0 Å². The van der Waals surface area contributed by atoms with Crippen molar-refractivity contribution in [1.29, 1.82) is 0 Å². The highest BCUT2D eigenvalue weighted by molar-refractivity contribution is 6.27. The molecule has 4 aromatic carbocycles. The Morgan fingerprint density at radius 3 is 1.73 bits per heavy atom. The van der Waals surface area contributed by atoms with E-state index in [1.807, 2.05) is 43.3 Å². The van der Waals surface area contributed by atoms with Crippen molar-refractivity contribution in [3.63, 3.8) is 0 Å². The summed E-state index contributed by atoms with van der Waals surface area (Å²) in [5.41, 5.74) is 2.73. The minimum atomic E-state index is -0.570. The van der Waals surface area contributed by atoms with E-state index in [2.05, 4.69) is 15.6 Å². The monoisotopic (exact) mass is 656 g/mol. The molecule has 0 spiro atoms. The van der Waals surface area contributed by atoms with E-state index in [0.717, 1.165) is 21.5 Å². The number of hydrogen-bond donors (Lipinski definition) is 2. The molecule has 3 heterocycles. The molecule has 12 nitrogen and oxygen atoms in total. The van der Waals surface area contributed by atoms with E-state index in [1.165, 1.54) is 17.0 Å². The Morgan fingerprint density at radius 1 is 0.673 bits per heavy atom. The van der Waals surface area contributed by atoms with Crippen LogP contribution in [0.3, 0.4) is 0 Å². The van der Waals surface area contributed by atoms with E-state index >= 15 is 0 Å². The van der Waals surface area contributed by atoms with Crippen molar-refractivity contribution in [2.24, 2.45) is 0 Å². The molecular weight excluding hydrogens is 624 g/mol. The molecule has 2 N–H and O–H groups in total. The van der Waals surface area contributed by atoms with Gasteiger partial charge in [-0.25, -0.2) is 0 Å². The lowest BCUT2D eigenvalue weighted by atomic mass is 9.90. The normalized spacial score (nSPS) is 15.3. The highest BCUT2D eigenvalue weighted by Gasteiger charge is 2.38. The average molecular weight is 657 g/mol. The molecule has 5 aromatic rings. The predicted molar refractivity (Wildman–Crippen MR) is 183 cm³/mol. The van der Waals surface area contributed by atoms with Crippen molar-refractivity contribution in [3.05, 3.63) is 117 Å². The maximum Gasteiger partial charge on any atom is 0.270 e. The van der Waals surface area contributed by atoms with Crippen molar-refractivity contribution in [2.45, 2.75) is 25.9 Å². The third-order valence-electron chi connectivity index (χ3n) is 9.15. The molecule has 2 aliphatic rings. The maximum atomic E-state index is 13.8. The summed E-state index contributed by atoms with van der Waals surface area (Å²) < 4.78 is 0. The van der Waals surface area contributed by atoms with Gasteiger partial charge in [-0.15, -0.1) is 0 Å². The lowest BCUT2D eigenvalue weighted by Gasteiger charge is -2.32. The quantitative estimate of drug-likeness (QED) is 0.0882. The Kier molecular flexibility index (Phi) is 8.18. The number of carbonyl (C=O) groups is 4. The van der Waals surface area contributed by atoms with Crippen LogP contribution in [0.4, 0.5) is 5.69 Å². The number of non-ortho nitro benzene ring substituents is 1. The van der Waals surface area contributed by atoms with Gasteiger partial charge in [0, 0.05) is 89.6 Å². The van der Waals surface area contributed by atoms with Gasteiger partial charge in [0.05, 0.1) is 16.2 Å². The molecule has 2 aliphatic heterocycles. The Labute approximate surface area is 280 Å². The standard InChI is InChI=1S/C37H32N6O6/c1-21(41-34(44)27-9-5-7-23-15-25(31-11-3-4-12-40-31)17-29(32(23)27)36(41)46)19-38-13-14-39-20-22(2)42-35(45)28-10-6-8-24-16-26(43(48)49)18-30(33(24)28)37(42)47/h3-12,15-18,21-22,38-39H,13-14,19-20H2,1-2H3/t21-,22+/m1/s1. The second kappa shape index (κ2) is 12.6. The van der Waals surface area contributed by atoms with Crippen LogP contribution in [0.15, 0.2) is 85.1 Å². The number of nitrogens with zero attached hydrogens (tertiary/aromatic N) is 4. The Balaban J connectivity index is 0.971. The molecule has 246 valence electrons. The largest absolute Gasteiger partial charge is 0.313 e. The lowest BCUT2D eigenvalue weighted by molar-refractivity contribution is -0.384. The average Bonchev–Trinajstić information content (AvgIpc) is 3.10. The number of rotatable bonds is 11. The third-order valence-corrected chi connectivity index (χ3v) is 9.15. The first kappa shape index (κ1) is 31.7. The summed E-state index contributed by atoms with van der Waals surface area (Å²) in [7, 11) is 0. The summed E-state index contributed by atoms with van der Waals surface area (Å²) in [6.07, 6.45) is 1.70. The highest BCUT2D eigenvalue weighted by Crippen LogP contribution is 2.36. The number of nitro benzene ring substituents is 1. The zero-order chi connectivity index (χ0) is 34.4. The van der Waals surface area contributed by atoms with Crippen LogP contribution in [0.2, 0.25) is 0 Å². The second-order valence-corrected chi connectivity index (χ2v) is 12.4. The summed E-state index contributed by atoms with van der Waals surface area (Å²) >= 11 is 0. The Morgan fingerprint density at radius 2 is 1.20 bits per heavy atom. The first-order chi connectivity index (χ1) is 23.7. The molecular formula is C37H32N6O6. The zero-order valence-corrected chi connectivity index (χ0v) is 26.8.